The third kappa shape index (κ3) is 3.68. The van der Waals surface area contributed by atoms with Crippen LogP contribution in [0.5, 0.6) is 0 Å². The number of carboxylic acid groups (broad SMARTS) is 1. The van der Waals surface area contributed by atoms with Crippen LogP contribution in [0, 0.1) is 18.7 Å². The fourth-order valence-electron chi connectivity index (χ4n) is 4.82. The zero-order chi connectivity index (χ0) is 24.0. The highest BCUT2D eigenvalue weighted by Crippen LogP contribution is 2.39. The van der Waals surface area contributed by atoms with Gasteiger partial charge in [-0.2, -0.15) is 0 Å². The van der Waals surface area contributed by atoms with Crippen molar-refractivity contribution < 1.29 is 24.1 Å². The molecule has 1 aromatic carbocycles. The summed E-state index contributed by atoms with van der Waals surface area (Å²) in [5, 5.41) is 23.6. The van der Waals surface area contributed by atoms with E-state index >= 15 is 4.39 Å². The minimum Gasteiger partial charge on any atom is -0.465 e. The van der Waals surface area contributed by atoms with Crippen LogP contribution in [-0.2, 0) is 11.2 Å². The normalized spacial score (nSPS) is 19.6. The number of hydrogen-bond acceptors (Lipinski definition) is 7. The number of fused-ring (bicyclic) bond motifs is 2. The Bertz CT molecular complexity index is 1280. The molecule has 2 atom stereocenters. The van der Waals surface area contributed by atoms with Crippen LogP contribution in [0.1, 0.15) is 17.7 Å². The van der Waals surface area contributed by atoms with Gasteiger partial charge >= 0.3 is 6.09 Å². The predicted molar refractivity (Wildman–Crippen MR) is 127 cm³/mol. The van der Waals surface area contributed by atoms with Gasteiger partial charge in [0.15, 0.2) is 5.82 Å². The van der Waals surface area contributed by atoms with Gasteiger partial charge in [0, 0.05) is 54.6 Å². The zero-order valence-corrected chi connectivity index (χ0v) is 18.7. The number of rotatable bonds is 4. The lowest BCUT2D eigenvalue weighted by molar-refractivity contribution is 0.183. The number of anilines is 3. The molecule has 5 rings (SSSR count). The number of halogens is 1. The summed E-state index contributed by atoms with van der Waals surface area (Å²) in [7, 11) is 0. The van der Waals surface area contributed by atoms with Crippen molar-refractivity contribution in [3.05, 3.63) is 41.6 Å². The van der Waals surface area contributed by atoms with Gasteiger partial charge in [0.25, 0.3) is 0 Å². The molecule has 0 saturated carbocycles. The smallest absolute Gasteiger partial charge is 0.413 e. The summed E-state index contributed by atoms with van der Waals surface area (Å²) in [5.41, 5.74) is 9.50. The molecule has 0 bridgehead atoms. The molecule has 10 heteroatoms. The number of ether oxygens (including phenoxy) is 1. The van der Waals surface area contributed by atoms with E-state index in [1.807, 2.05) is 6.92 Å². The lowest BCUT2D eigenvalue weighted by atomic mass is 9.92. The standard InChI is InChI=1S/C24H26FN5O4/c1-12-17(8-27-19-4-13(10-31)7-29-23(12)19)16-5-14-6-20(28-9-18(14)22(26)21(16)25)30(24(32)33)15-2-3-34-11-15/h5-6,8-9,13,15,29,31H,2-4,7,10-11,26H2,1H3,(H,32,33)/t13-,15+/m0/s1. The summed E-state index contributed by atoms with van der Waals surface area (Å²) in [6, 6.07) is 2.94. The van der Waals surface area contributed by atoms with Crippen molar-refractivity contribution in [3.8, 4) is 11.1 Å². The average Bonchev–Trinajstić information content (AvgIpc) is 3.35. The Morgan fingerprint density at radius 3 is 2.85 bits per heavy atom. The van der Waals surface area contributed by atoms with Crippen LogP contribution < -0.4 is 16.0 Å². The van der Waals surface area contributed by atoms with Crippen LogP contribution in [0.3, 0.4) is 0 Å². The monoisotopic (exact) mass is 467 g/mol. The minimum absolute atomic E-state index is 0.0527. The van der Waals surface area contributed by atoms with E-state index in [0.717, 1.165) is 16.9 Å². The summed E-state index contributed by atoms with van der Waals surface area (Å²) in [5.74, 6) is -0.244. The molecule has 0 radical (unpaired) electrons. The number of aliphatic hydroxyl groups excluding tert-OH is 1. The van der Waals surface area contributed by atoms with Crippen LogP contribution in [0.25, 0.3) is 21.9 Å². The van der Waals surface area contributed by atoms with E-state index in [-0.39, 0.29) is 35.6 Å². The number of aliphatic hydroxyl groups is 1. The van der Waals surface area contributed by atoms with Gasteiger partial charge in [-0.1, -0.05) is 0 Å². The molecular formula is C24H26FN5O4. The van der Waals surface area contributed by atoms with Crippen molar-refractivity contribution in [2.75, 3.05) is 42.3 Å². The average molecular weight is 468 g/mol. The molecule has 0 unspecified atom stereocenters. The number of nitrogens with zero attached hydrogens (tertiary/aromatic N) is 3. The Kier molecular flexibility index (Phi) is 5.70. The van der Waals surface area contributed by atoms with Crippen molar-refractivity contribution in [2.24, 2.45) is 5.92 Å². The maximum absolute atomic E-state index is 15.4. The molecule has 5 N–H and O–H groups in total. The zero-order valence-electron chi connectivity index (χ0n) is 18.7. The van der Waals surface area contributed by atoms with Gasteiger partial charge < -0.3 is 26.0 Å². The Labute approximate surface area is 195 Å². The molecule has 2 aliphatic heterocycles. The van der Waals surface area contributed by atoms with Crippen molar-refractivity contribution >= 4 is 34.1 Å². The fraction of sp³-hybridized carbons (Fsp3) is 0.375. The largest absolute Gasteiger partial charge is 0.465 e. The molecular weight excluding hydrogens is 441 g/mol. The van der Waals surface area contributed by atoms with Crippen molar-refractivity contribution in [3.63, 3.8) is 0 Å². The Morgan fingerprint density at radius 1 is 1.32 bits per heavy atom. The number of amides is 1. The number of nitrogen functional groups attached to an aromatic ring is 1. The minimum atomic E-state index is -1.13. The molecule has 34 heavy (non-hydrogen) atoms. The fourth-order valence-corrected chi connectivity index (χ4v) is 4.82. The molecule has 1 fully saturated rings. The Morgan fingerprint density at radius 2 is 2.15 bits per heavy atom. The highest BCUT2D eigenvalue weighted by atomic mass is 19.1. The van der Waals surface area contributed by atoms with E-state index in [1.165, 1.54) is 11.1 Å². The first-order valence-corrected chi connectivity index (χ1v) is 11.2. The second kappa shape index (κ2) is 8.69. The van der Waals surface area contributed by atoms with Crippen molar-refractivity contribution in [2.45, 2.75) is 25.8 Å². The van der Waals surface area contributed by atoms with Gasteiger partial charge in [-0.3, -0.25) is 9.88 Å². The third-order valence-corrected chi connectivity index (χ3v) is 6.72. The first kappa shape index (κ1) is 22.3. The molecule has 9 nitrogen and oxygen atoms in total. The van der Waals surface area contributed by atoms with E-state index in [2.05, 4.69) is 15.3 Å². The van der Waals surface area contributed by atoms with E-state index in [9.17, 15) is 15.0 Å². The number of pyridine rings is 2. The number of carbonyl (C=O) groups is 1. The molecule has 2 aromatic heterocycles. The van der Waals surface area contributed by atoms with Crippen LogP contribution in [0.2, 0.25) is 0 Å². The second-order valence-electron chi connectivity index (χ2n) is 8.84. The lowest BCUT2D eigenvalue weighted by Gasteiger charge is -2.26. The first-order chi connectivity index (χ1) is 16.4. The number of nitrogens with one attached hydrogen (secondary N) is 1. The summed E-state index contributed by atoms with van der Waals surface area (Å²) >= 11 is 0. The van der Waals surface area contributed by atoms with Crippen LogP contribution in [-0.4, -0.2) is 58.7 Å². The highest BCUT2D eigenvalue weighted by Gasteiger charge is 2.30. The molecule has 3 aromatic rings. The summed E-state index contributed by atoms with van der Waals surface area (Å²) in [6.07, 6.45) is 3.13. The van der Waals surface area contributed by atoms with E-state index in [4.69, 9.17) is 10.5 Å². The van der Waals surface area contributed by atoms with Crippen LogP contribution >= 0.6 is 0 Å². The topological polar surface area (TPSA) is 134 Å². The van der Waals surface area contributed by atoms with Crippen LogP contribution in [0.4, 0.5) is 26.4 Å². The van der Waals surface area contributed by atoms with E-state index in [1.54, 1.807) is 18.3 Å². The summed E-state index contributed by atoms with van der Waals surface area (Å²) in [4.78, 5) is 22.0. The van der Waals surface area contributed by atoms with Gasteiger partial charge in [-0.15, -0.1) is 0 Å². The quantitative estimate of drug-likeness (QED) is 0.430. The van der Waals surface area contributed by atoms with Crippen molar-refractivity contribution in [1.29, 1.82) is 0 Å². The Hall–Kier alpha value is -3.50. The van der Waals surface area contributed by atoms with Gasteiger partial charge in [0.05, 0.1) is 29.7 Å². The SMILES string of the molecule is Cc1c(-c2cc3cc(N(C(=O)O)[C@@H]4CCOC4)ncc3c(N)c2F)cnc2c1NC[C@@H](CO)C2. The highest BCUT2D eigenvalue weighted by molar-refractivity contribution is 5.99. The third-order valence-electron chi connectivity index (χ3n) is 6.72. The summed E-state index contributed by atoms with van der Waals surface area (Å²) < 4.78 is 20.8. The molecule has 1 saturated heterocycles. The molecule has 0 aliphatic carbocycles. The maximum atomic E-state index is 15.4. The van der Waals surface area contributed by atoms with Crippen molar-refractivity contribution in [1.82, 2.24) is 9.97 Å². The Balaban J connectivity index is 1.61. The predicted octanol–water partition coefficient (Wildman–Crippen LogP) is 3.18. The van der Waals surface area contributed by atoms with Crippen LogP contribution in [0.15, 0.2) is 24.5 Å². The van der Waals surface area contributed by atoms with Gasteiger partial charge in [-0.25, -0.2) is 14.2 Å². The number of hydrogen-bond donors (Lipinski definition) is 4. The molecule has 2 aliphatic rings. The van der Waals surface area contributed by atoms with Gasteiger partial charge in [-0.05, 0) is 42.8 Å². The second-order valence-corrected chi connectivity index (χ2v) is 8.84. The molecule has 0 spiro atoms. The number of nitrogens with two attached hydrogens (primary N) is 1. The molecule has 178 valence electrons. The first-order valence-electron chi connectivity index (χ1n) is 11.2. The molecule has 1 amide bonds. The van der Waals surface area contributed by atoms with E-state index in [0.29, 0.717) is 48.9 Å². The summed E-state index contributed by atoms with van der Waals surface area (Å²) in [6.45, 7) is 3.37. The lowest BCUT2D eigenvalue weighted by Crippen LogP contribution is -2.40. The van der Waals surface area contributed by atoms with E-state index < -0.39 is 11.9 Å². The number of aromatic nitrogens is 2. The number of benzene rings is 1. The van der Waals surface area contributed by atoms with Gasteiger partial charge in [0.1, 0.15) is 5.82 Å². The van der Waals surface area contributed by atoms with Gasteiger partial charge in [0.2, 0.25) is 0 Å². The molecule has 4 heterocycles. The maximum Gasteiger partial charge on any atom is 0.413 e.